The van der Waals surface area contributed by atoms with Gasteiger partial charge in [-0.3, -0.25) is 10.1 Å². The fraction of sp³-hybridized carbons (Fsp3) is 0.0417. The van der Waals surface area contributed by atoms with Gasteiger partial charge in [0.25, 0.3) is 0 Å². The fourth-order valence-electron chi connectivity index (χ4n) is 3.79. The first-order chi connectivity index (χ1) is 15.2. The van der Waals surface area contributed by atoms with E-state index in [9.17, 15) is 8.78 Å². The lowest BCUT2D eigenvalue weighted by molar-refractivity contribution is 0.627. The summed E-state index contributed by atoms with van der Waals surface area (Å²) in [5, 5.41) is 8.09. The van der Waals surface area contributed by atoms with Crippen molar-refractivity contribution < 1.29 is 8.78 Å². The van der Waals surface area contributed by atoms with Crippen LogP contribution < -0.4 is 5.73 Å². The van der Waals surface area contributed by atoms with E-state index in [1.807, 2.05) is 12.1 Å². The van der Waals surface area contributed by atoms with Gasteiger partial charge in [-0.25, -0.2) is 13.8 Å². The predicted octanol–water partition coefficient (Wildman–Crippen LogP) is 5.09. The Labute approximate surface area is 176 Å². The summed E-state index contributed by atoms with van der Waals surface area (Å²) in [7, 11) is 0. The van der Waals surface area contributed by atoms with Crippen LogP contribution in [0.1, 0.15) is 5.69 Å². The minimum Gasteiger partial charge on any atom is -0.325 e. The Morgan fingerprint density at radius 3 is 1.94 bits per heavy atom. The number of benzene rings is 2. The van der Waals surface area contributed by atoms with Crippen LogP contribution in [0.3, 0.4) is 0 Å². The number of H-pyrrole nitrogens is 1. The Morgan fingerprint density at radius 1 is 0.742 bits per heavy atom. The lowest BCUT2D eigenvalue weighted by Crippen LogP contribution is -2.00. The molecule has 0 saturated heterocycles. The number of rotatable bonds is 4. The molecule has 0 unspecified atom stereocenters. The Bertz CT molecular complexity index is 1360. The standard InChI is InChI=1S/C24H17F2N5/c25-17-5-1-14(2-6-17)20-21(15-9-11-28-12-10-15)23(16-3-7-18(26)8-4-16)29-24-22(20)19(13-27)30-31-24/h1-12H,13,27H2,(H,29,30,31). The van der Waals surface area contributed by atoms with Crippen LogP contribution in [0.5, 0.6) is 0 Å². The van der Waals surface area contributed by atoms with Crippen molar-refractivity contribution in [1.29, 1.82) is 0 Å². The molecule has 0 aliphatic heterocycles. The summed E-state index contributed by atoms with van der Waals surface area (Å²) in [4.78, 5) is 8.94. The molecule has 5 rings (SSSR count). The van der Waals surface area contributed by atoms with Gasteiger partial charge in [-0.05, 0) is 59.7 Å². The third-order valence-corrected chi connectivity index (χ3v) is 5.20. The molecule has 152 valence electrons. The molecular weight excluding hydrogens is 396 g/mol. The highest BCUT2D eigenvalue weighted by Gasteiger charge is 2.23. The van der Waals surface area contributed by atoms with Crippen LogP contribution in [-0.4, -0.2) is 20.2 Å². The Hall–Kier alpha value is -3.97. The predicted molar refractivity (Wildman–Crippen MR) is 116 cm³/mol. The lowest BCUT2D eigenvalue weighted by atomic mass is 9.89. The third kappa shape index (κ3) is 3.35. The average Bonchev–Trinajstić information content (AvgIpc) is 3.22. The van der Waals surface area contributed by atoms with Gasteiger partial charge in [-0.2, -0.15) is 5.10 Å². The number of hydrogen-bond acceptors (Lipinski definition) is 4. The first-order valence-corrected chi connectivity index (χ1v) is 9.69. The van der Waals surface area contributed by atoms with Gasteiger partial charge in [-0.15, -0.1) is 0 Å². The molecule has 0 spiro atoms. The molecule has 3 heterocycles. The first-order valence-electron chi connectivity index (χ1n) is 9.69. The van der Waals surface area contributed by atoms with Crippen molar-refractivity contribution in [2.45, 2.75) is 6.54 Å². The second-order valence-electron chi connectivity index (χ2n) is 7.06. The largest absolute Gasteiger partial charge is 0.325 e. The van der Waals surface area contributed by atoms with Gasteiger partial charge in [0.05, 0.1) is 16.8 Å². The molecule has 0 aliphatic rings. The van der Waals surface area contributed by atoms with Gasteiger partial charge < -0.3 is 5.73 Å². The van der Waals surface area contributed by atoms with Crippen LogP contribution in [0.25, 0.3) is 44.5 Å². The second kappa shape index (κ2) is 7.70. The van der Waals surface area contributed by atoms with Crippen molar-refractivity contribution in [3.63, 3.8) is 0 Å². The monoisotopic (exact) mass is 413 g/mol. The quantitative estimate of drug-likeness (QED) is 0.430. The van der Waals surface area contributed by atoms with Crippen molar-refractivity contribution in [3.05, 3.63) is 90.4 Å². The molecule has 3 N–H and O–H groups in total. The van der Waals surface area contributed by atoms with Crippen molar-refractivity contribution in [1.82, 2.24) is 20.2 Å². The van der Waals surface area contributed by atoms with E-state index in [1.165, 1.54) is 24.3 Å². The van der Waals surface area contributed by atoms with Gasteiger partial charge in [-0.1, -0.05) is 12.1 Å². The summed E-state index contributed by atoms with van der Waals surface area (Å²) < 4.78 is 27.3. The zero-order chi connectivity index (χ0) is 21.4. The maximum absolute atomic E-state index is 13.7. The van der Waals surface area contributed by atoms with E-state index in [1.54, 1.807) is 36.7 Å². The normalized spacial score (nSPS) is 11.2. The molecule has 2 aromatic carbocycles. The van der Waals surface area contributed by atoms with Crippen molar-refractivity contribution >= 4 is 11.0 Å². The zero-order valence-corrected chi connectivity index (χ0v) is 16.3. The smallest absolute Gasteiger partial charge is 0.182 e. The number of aromatic nitrogens is 4. The highest BCUT2D eigenvalue weighted by molar-refractivity contribution is 6.07. The number of fused-ring (bicyclic) bond motifs is 1. The van der Waals surface area contributed by atoms with Gasteiger partial charge in [0.1, 0.15) is 11.6 Å². The van der Waals surface area contributed by atoms with E-state index in [2.05, 4.69) is 15.2 Å². The molecule has 0 saturated carbocycles. The van der Waals surface area contributed by atoms with Gasteiger partial charge in [0.15, 0.2) is 5.65 Å². The van der Waals surface area contributed by atoms with Gasteiger partial charge in [0, 0.05) is 35.6 Å². The summed E-state index contributed by atoms with van der Waals surface area (Å²) in [5.74, 6) is -0.663. The summed E-state index contributed by atoms with van der Waals surface area (Å²) in [6.07, 6.45) is 3.39. The number of nitrogens with two attached hydrogens (primary N) is 1. The molecule has 0 atom stereocenters. The highest BCUT2D eigenvalue weighted by Crippen LogP contribution is 2.43. The summed E-state index contributed by atoms with van der Waals surface area (Å²) in [5.41, 5.74) is 11.8. The SMILES string of the molecule is NCc1[nH]nc2nc(-c3ccc(F)cc3)c(-c3ccncc3)c(-c3ccc(F)cc3)c12. The van der Waals surface area contributed by atoms with E-state index in [4.69, 9.17) is 10.7 Å². The molecular formula is C24H17F2N5. The molecule has 5 nitrogen and oxygen atoms in total. The summed E-state index contributed by atoms with van der Waals surface area (Å²) in [6.45, 7) is 0.234. The molecule has 0 aliphatic carbocycles. The Balaban J connectivity index is 1.95. The van der Waals surface area contributed by atoms with Gasteiger partial charge >= 0.3 is 0 Å². The number of halogens is 2. The molecule has 31 heavy (non-hydrogen) atoms. The zero-order valence-electron chi connectivity index (χ0n) is 16.3. The number of pyridine rings is 2. The molecule has 0 bridgehead atoms. The van der Waals surface area contributed by atoms with Crippen LogP contribution in [-0.2, 0) is 6.54 Å². The van der Waals surface area contributed by atoms with E-state index in [-0.39, 0.29) is 18.2 Å². The van der Waals surface area contributed by atoms with E-state index >= 15 is 0 Å². The highest BCUT2D eigenvalue weighted by atomic mass is 19.1. The third-order valence-electron chi connectivity index (χ3n) is 5.20. The molecule has 0 radical (unpaired) electrons. The van der Waals surface area contributed by atoms with Gasteiger partial charge in [0.2, 0.25) is 0 Å². The maximum Gasteiger partial charge on any atom is 0.182 e. The molecule has 5 aromatic rings. The molecule has 0 amide bonds. The number of nitrogens with one attached hydrogen (secondary N) is 1. The van der Waals surface area contributed by atoms with Crippen LogP contribution >= 0.6 is 0 Å². The summed E-state index contributed by atoms with van der Waals surface area (Å²) in [6, 6.07) is 16.2. The Kier molecular flexibility index (Phi) is 4.72. The summed E-state index contributed by atoms with van der Waals surface area (Å²) >= 11 is 0. The maximum atomic E-state index is 13.7. The van der Waals surface area contributed by atoms with Crippen molar-refractivity contribution in [2.75, 3.05) is 0 Å². The molecule has 3 aromatic heterocycles. The minimum atomic E-state index is -0.334. The van der Waals surface area contributed by atoms with Crippen molar-refractivity contribution in [2.24, 2.45) is 5.73 Å². The topological polar surface area (TPSA) is 80.5 Å². The lowest BCUT2D eigenvalue weighted by Gasteiger charge is -2.17. The average molecular weight is 413 g/mol. The van der Waals surface area contributed by atoms with Crippen molar-refractivity contribution in [3.8, 4) is 33.5 Å². The Morgan fingerprint density at radius 2 is 1.32 bits per heavy atom. The van der Waals surface area contributed by atoms with E-state index in [0.29, 0.717) is 11.3 Å². The van der Waals surface area contributed by atoms with Crippen LogP contribution in [0, 0.1) is 11.6 Å². The van der Waals surface area contributed by atoms with Crippen LogP contribution in [0.15, 0.2) is 73.1 Å². The van der Waals surface area contributed by atoms with E-state index < -0.39 is 0 Å². The first kappa shape index (κ1) is 19.0. The number of nitrogens with zero attached hydrogens (tertiary/aromatic N) is 3. The molecule has 7 heteroatoms. The molecule has 0 fully saturated rings. The number of aromatic amines is 1. The van der Waals surface area contributed by atoms with Crippen LogP contribution in [0.2, 0.25) is 0 Å². The number of hydrogen-bond donors (Lipinski definition) is 2. The fourth-order valence-corrected chi connectivity index (χ4v) is 3.79. The van der Waals surface area contributed by atoms with Crippen LogP contribution in [0.4, 0.5) is 8.78 Å². The van der Waals surface area contributed by atoms with E-state index in [0.717, 1.165) is 38.9 Å². The second-order valence-corrected chi connectivity index (χ2v) is 7.06. The minimum absolute atomic E-state index is 0.234.